The average molecular weight is 262 g/mol. The van der Waals surface area contributed by atoms with Crippen molar-refractivity contribution < 1.29 is 9.13 Å². The largest absolute Gasteiger partial charge is 0.489 e. The van der Waals surface area contributed by atoms with Gasteiger partial charge in [0, 0.05) is 24.7 Å². The number of nitrogens with two attached hydrogens (primary N) is 1. The van der Waals surface area contributed by atoms with Crippen molar-refractivity contribution in [1.29, 1.82) is 0 Å². The zero-order chi connectivity index (χ0) is 13.7. The quantitative estimate of drug-likeness (QED) is 0.890. The van der Waals surface area contributed by atoms with Crippen LogP contribution in [0, 0.1) is 0 Å². The fraction of sp³-hybridized carbons (Fsp3) is 0.231. The minimum absolute atomic E-state index is 0.147. The summed E-state index contributed by atoms with van der Waals surface area (Å²) >= 11 is 0. The number of aromatic nitrogens is 3. The first-order valence-electron chi connectivity index (χ1n) is 5.80. The molecule has 100 valence electrons. The number of hydrogen-bond donors (Lipinski definition) is 1. The fourth-order valence-corrected chi connectivity index (χ4v) is 1.51. The molecule has 2 rings (SSSR count). The van der Waals surface area contributed by atoms with Gasteiger partial charge in [-0.2, -0.15) is 15.0 Å². The topological polar surface area (TPSA) is 66.0 Å². The van der Waals surface area contributed by atoms with E-state index >= 15 is 0 Å². The van der Waals surface area contributed by atoms with Gasteiger partial charge in [0.25, 0.3) is 0 Å². The molecule has 0 saturated heterocycles. The van der Waals surface area contributed by atoms with Gasteiger partial charge in [-0.05, 0) is 24.3 Å². The van der Waals surface area contributed by atoms with Crippen LogP contribution in [0.1, 0.15) is 0 Å². The van der Waals surface area contributed by atoms with Crippen LogP contribution in [0.25, 0.3) is 11.3 Å². The van der Waals surface area contributed by atoms with Crippen molar-refractivity contribution in [3.05, 3.63) is 42.4 Å². The molecule has 0 aliphatic heterocycles. The van der Waals surface area contributed by atoms with Crippen LogP contribution in [0.4, 0.5) is 4.39 Å². The van der Waals surface area contributed by atoms with Crippen LogP contribution in [0.3, 0.4) is 0 Å². The summed E-state index contributed by atoms with van der Waals surface area (Å²) in [6.45, 7) is 0.297. The molecule has 1 aromatic carbocycles. The highest BCUT2D eigenvalue weighted by atomic mass is 19.1. The van der Waals surface area contributed by atoms with Gasteiger partial charge in [-0.15, -0.1) is 0 Å². The lowest BCUT2D eigenvalue weighted by atomic mass is 10.2. The molecule has 2 N–H and O–H groups in total. The molecule has 0 aliphatic rings. The van der Waals surface area contributed by atoms with E-state index in [1.807, 2.05) is 12.1 Å². The van der Waals surface area contributed by atoms with Gasteiger partial charge in [-0.1, -0.05) is 0 Å². The number of hydrogen-bond acceptors (Lipinski definition) is 4. The normalized spacial score (nSPS) is 11.6. The second-order valence-corrected chi connectivity index (χ2v) is 4.00. The third kappa shape index (κ3) is 3.38. The molecule has 0 fully saturated rings. The van der Waals surface area contributed by atoms with Crippen LogP contribution in [0.5, 0.6) is 5.75 Å². The van der Waals surface area contributed by atoms with E-state index in [1.54, 1.807) is 25.4 Å². The monoisotopic (exact) mass is 262 g/mol. The highest BCUT2D eigenvalue weighted by Gasteiger charge is 2.03. The van der Waals surface area contributed by atoms with E-state index in [0.29, 0.717) is 17.7 Å². The van der Waals surface area contributed by atoms with Gasteiger partial charge in [-0.3, -0.25) is 0 Å². The maximum atomic E-state index is 12.3. The smallest absolute Gasteiger partial charge is 0.119 e. The molecular weight excluding hydrogens is 247 g/mol. The molecule has 0 spiro atoms. The van der Waals surface area contributed by atoms with Gasteiger partial charge in [0.05, 0.1) is 12.5 Å². The van der Waals surface area contributed by atoms with Crippen molar-refractivity contribution >= 4 is 0 Å². The maximum absolute atomic E-state index is 12.3. The number of ether oxygens (including phenoxy) is 1. The Morgan fingerprint density at radius 2 is 2.16 bits per heavy atom. The van der Waals surface area contributed by atoms with Crippen molar-refractivity contribution in [2.24, 2.45) is 12.8 Å². The molecule has 0 unspecified atom stereocenters. The van der Waals surface area contributed by atoms with E-state index in [4.69, 9.17) is 10.5 Å². The van der Waals surface area contributed by atoms with Gasteiger partial charge in [0.1, 0.15) is 18.1 Å². The maximum Gasteiger partial charge on any atom is 0.119 e. The number of benzene rings is 1. The van der Waals surface area contributed by atoms with Crippen LogP contribution in [-0.2, 0) is 7.05 Å². The fourth-order valence-electron chi connectivity index (χ4n) is 1.51. The lowest BCUT2D eigenvalue weighted by Gasteiger charge is -2.07. The minimum Gasteiger partial charge on any atom is -0.489 e. The Kier molecular flexibility index (Phi) is 4.25. The summed E-state index contributed by atoms with van der Waals surface area (Å²) in [5, 5.41) is 8.21. The van der Waals surface area contributed by atoms with Crippen molar-refractivity contribution in [2.75, 3.05) is 13.2 Å². The van der Waals surface area contributed by atoms with E-state index in [9.17, 15) is 4.39 Å². The van der Waals surface area contributed by atoms with Gasteiger partial charge in [-0.25, -0.2) is 4.39 Å². The molecule has 1 aromatic heterocycles. The van der Waals surface area contributed by atoms with E-state index in [0.717, 1.165) is 11.3 Å². The van der Waals surface area contributed by atoms with Crippen molar-refractivity contribution in [3.63, 3.8) is 0 Å². The van der Waals surface area contributed by atoms with E-state index < -0.39 is 0 Å². The third-order valence-corrected chi connectivity index (χ3v) is 2.59. The summed E-state index contributed by atoms with van der Waals surface area (Å²) in [4.78, 5) is 1.50. The standard InChI is InChI=1S/C13H15FN4O/c1-18-16-8-13(17-18)11-2-4-12(5-3-11)19-9-10(6-14)7-15/h2-6,8H,7,9,15H2,1H3/b10-6-. The number of aryl methyl sites for hydroxylation is 1. The molecule has 19 heavy (non-hydrogen) atoms. The van der Waals surface area contributed by atoms with Crippen molar-refractivity contribution in [1.82, 2.24) is 15.0 Å². The predicted octanol–water partition coefficient (Wildman–Crippen LogP) is 1.67. The lowest BCUT2D eigenvalue weighted by Crippen LogP contribution is -2.10. The van der Waals surface area contributed by atoms with Crippen molar-refractivity contribution in [3.8, 4) is 17.0 Å². The van der Waals surface area contributed by atoms with Gasteiger partial charge < -0.3 is 10.5 Å². The molecule has 0 aliphatic carbocycles. The Bertz CT molecular complexity index is 562. The predicted molar refractivity (Wildman–Crippen MR) is 70.2 cm³/mol. The SMILES string of the molecule is Cn1ncc(-c2ccc(OC/C(=C\F)CN)cc2)n1. The summed E-state index contributed by atoms with van der Waals surface area (Å²) in [6.07, 6.45) is 2.17. The highest BCUT2D eigenvalue weighted by molar-refractivity contribution is 5.58. The summed E-state index contributed by atoms with van der Waals surface area (Å²) in [7, 11) is 1.76. The molecule has 2 aromatic rings. The second-order valence-electron chi connectivity index (χ2n) is 4.00. The molecule has 0 amide bonds. The Morgan fingerprint density at radius 3 is 2.68 bits per heavy atom. The van der Waals surface area contributed by atoms with Gasteiger partial charge in [0.15, 0.2) is 0 Å². The van der Waals surface area contributed by atoms with Crippen LogP contribution < -0.4 is 10.5 Å². The average Bonchev–Trinajstić information content (AvgIpc) is 2.87. The zero-order valence-corrected chi connectivity index (χ0v) is 10.6. The molecule has 5 nitrogen and oxygen atoms in total. The third-order valence-electron chi connectivity index (χ3n) is 2.59. The second kappa shape index (κ2) is 6.10. The summed E-state index contributed by atoms with van der Waals surface area (Å²) < 4.78 is 17.7. The Morgan fingerprint density at radius 1 is 1.42 bits per heavy atom. The number of halogens is 1. The first-order valence-corrected chi connectivity index (χ1v) is 5.80. The molecule has 0 saturated carbocycles. The van der Waals surface area contributed by atoms with E-state index in [2.05, 4.69) is 10.2 Å². The first-order chi connectivity index (χ1) is 9.22. The molecular formula is C13H15FN4O. The Hall–Kier alpha value is -2.21. The summed E-state index contributed by atoms with van der Waals surface area (Å²) in [5.41, 5.74) is 7.50. The van der Waals surface area contributed by atoms with Crippen LogP contribution in [-0.4, -0.2) is 28.1 Å². The van der Waals surface area contributed by atoms with Crippen molar-refractivity contribution in [2.45, 2.75) is 0 Å². The molecule has 0 atom stereocenters. The van der Waals surface area contributed by atoms with E-state index in [1.165, 1.54) is 4.80 Å². The van der Waals surface area contributed by atoms with Gasteiger partial charge >= 0.3 is 0 Å². The first kappa shape index (κ1) is 13.2. The zero-order valence-electron chi connectivity index (χ0n) is 10.6. The Balaban J connectivity index is 2.02. The highest BCUT2D eigenvalue weighted by Crippen LogP contribution is 2.20. The summed E-state index contributed by atoms with van der Waals surface area (Å²) in [5.74, 6) is 0.653. The number of rotatable bonds is 5. The van der Waals surface area contributed by atoms with Crippen LogP contribution in [0.2, 0.25) is 0 Å². The summed E-state index contributed by atoms with van der Waals surface area (Å²) in [6, 6.07) is 7.36. The molecule has 6 heteroatoms. The van der Waals surface area contributed by atoms with E-state index in [-0.39, 0.29) is 13.2 Å². The molecule has 0 bridgehead atoms. The molecule has 1 heterocycles. The minimum atomic E-state index is 0.147. The van der Waals surface area contributed by atoms with Crippen LogP contribution in [0.15, 0.2) is 42.4 Å². The van der Waals surface area contributed by atoms with Crippen LogP contribution >= 0.6 is 0 Å². The Labute approximate surface area is 110 Å². The van der Waals surface area contributed by atoms with Gasteiger partial charge in [0.2, 0.25) is 0 Å². The molecule has 0 radical (unpaired) electrons. The lowest BCUT2D eigenvalue weighted by molar-refractivity contribution is 0.347. The number of nitrogens with zero attached hydrogens (tertiary/aromatic N) is 3.